The van der Waals surface area contributed by atoms with E-state index in [1.165, 1.54) is 83.1 Å². The van der Waals surface area contributed by atoms with Gasteiger partial charge >= 0.3 is 17.9 Å². The van der Waals surface area contributed by atoms with Crippen LogP contribution in [0, 0.1) is 0 Å². The van der Waals surface area contributed by atoms with E-state index in [0.717, 1.165) is 141 Å². The van der Waals surface area contributed by atoms with Crippen LogP contribution in [0.15, 0.2) is 58.7 Å². The average Bonchev–Trinajstić information content (AvgIpc) is 1.55. The zero-order chi connectivity index (χ0) is 83.3. The molecule has 0 saturated heterocycles. The third kappa shape index (κ3) is 22.6. The van der Waals surface area contributed by atoms with Crippen LogP contribution >= 0.6 is 141 Å². The van der Waals surface area contributed by atoms with Gasteiger partial charge in [0.05, 0.1) is 116 Å². The summed E-state index contributed by atoms with van der Waals surface area (Å²) in [4.78, 5) is 48.4. The van der Waals surface area contributed by atoms with Gasteiger partial charge in [-0.2, -0.15) is 0 Å². The quantitative estimate of drug-likeness (QED) is 0.0110. The van der Waals surface area contributed by atoms with Crippen molar-refractivity contribution in [3.8, 4) is 0 Å². The molecule has 0 fully saturated rings. The Balaban J connectivity index is 1.69. The molecule has 13 N–H and O–H groups in total. The first-order valence-corrected chi connectivity index (χ1v) is 45.7. The molecule has 9 rings (SSSR count). The van der Waals surface area contributed by atoms with E-state index in [2.05, 4.69) is 0 Å². The van der Waals surface area contributed by atoms with Crippen LogP contribution in [0.1, 0.15) is 152 Å². The summed E-state index contributed by atoms with van der Waals surface area (Å²) in [5.74, 6) is -2.73. The largest absolute Gasteiger partial charge is 0.462 e. The van der Waals surface area contributed by atoms with Crippen molar-refractivity contribution < 1.29 is 152 Å². The lowest BCUT2D eigenvalue weighted by Gasteiger charge is -2.39. The fourth-order valence-corrected chi connectivity index (χ4v) is 31.5. The minimum atomic E-state index is -3.12. The average molecular weight is 1820 g/mol. The molecule has 3 aromatic carbocycles. The maximum Gasteiger partial charge on any atom is 0.340 e. The Morgan fingerprint density at radius 2 is 0.363 bits per heavy atom. The summed E-state index contributed by atoms with van der Waals surface area (Å²) in [5.41, 5.74) is -3.84. The molecule has 0 radical (unpaired) electrons. The van der Waals surface area contributed by atoms with Crippen LogP contribution < -0.4 is 0 Å². The lowest BCUT2D eigenvalue weighted by molar-refractivity contribution is -0.111. The Morgan fingerprint density at radius 1 is 0.248 bits per heavy atom. The second-order valence-electron chi connectivity index (χ2n) is 26.7. The molecule has 12 atom stereocenters. The fraction of sp³-hybridized carbons (Fsp3) is 0.700. The molecule has 43 heteroatoms. The number of thioether (sulfide) groups is 12. The van der Waals surface area contributed by atoms with Crippen molar-refractivity contribution in [3.63, 3.8) is 0 Å². The number of benzene rings is 3. The molecule has 113 heavy (non-hydrogen) atoms. The van der Waals surface area contributed by atoms with Gasteiger partial charge in [-0.05, 0) is 104 Å². The van der Waals surface area contributed by atoms with Crippen molar-refractivity contribution in [1.29, 1.82) is 0 Å². The highest BCUT2D eigenvalue weighted by Gasteiger charge is 2.63. The molecule has 0 saturated carbocycles. The Bertz CT molecular complexity index is 3160. The number of carbonyl (C=O) groups is 3. The first-order chi connectivity index (χ1) is 53.1. The van der Waals surface area contributed by atoms with Gasteiger partial charge < -0.3 is 137 Å². The topological polar surface area (TPSA) is 453 Å². The highest BCUT2D eigenvalue weighted by Crippen LogP contribution is 2.77. The zero-order valence-electron chi connectivity index (χ0n) is 64.6. The number of aliphatic hydroxyl groups is 13. The van der Waals surface area contributed by atoms with E-state index >= 15 is 19.5 Å². The van der Waals surface area contributed by atoms with Crippen LogP contribution in [-0.4, -0.2) is 283 Å². The van der Waals surface area contributed by atoms with Crippen LogP contribution in [0.5, 0.6) is 0 Å². The number of aliphatic hydroxyl groups excluding tert-OH is 12. The van der Waals surface area contributed by atoms with Gasteiger partial charge in [0.25, 0.3) is 0 Å². The minimum absolute atomic E-state index is 0.0515. The first-order valence-electron chi connectivity index (χ1n) is 35.9. The van der Waals surface area contributed by atoms with Crippen molar-refractivity contribution >= 4 is 159 Å². The van der Waals surface area contributed by atoms with Gasteiger partial charge in [0.15, 0.2) is 75.5 Å². The highest BCUT2D eigenvalue weighted by molar-refractivity contribution is 8.23. The van der Waals surface area contributed by atoms with E-state index in [4.69, 9.17) is 71.1 Å². The van der Waals surface area contributed by atoms with Gasteiger partial charge in [-0.1, -0.05) is 0 Å². The maximum atomic E-state index is 17.5. The Labute approximate surface area is 705 Å². The molecule has 6 heterocycles. The smallest absolute Gasteiger partial charge is 0.340 e. The molecule has 0 bridgehead atoms. The van der Waals surface area contributed by atoms with Crippen molar-refractivity contribution in [2.45, 2.75) is 268 Å². The van der Waals surface area contributed by atoms with Gasteiger partial charge in [-0.25, -0.2) is 14.4 Å². The molecular weight excluding hydrogens is 1720 g/mol. The van der Waals surface area contributed by atoms with Gasteiger partial charge in [-0.3, -0.25) is 0 Å². The van der Waals surface area contributed by atoms with Crippen LogP contribution in [-0.2, 0) is 76.7 Å². The molecular formula is C70H100O31S12. The summed E-state index contributed by atoms with van der Waals surface area (Å²) >= 11 is 12.0. The van der Waals surface area contributed by atoms with E-state index in [0.29, 0.717) is 0 Å². The van der Waals surface area contributed by atoms with Gasteiger partial charge in [0.1, 0.15) is 30.1 Å². The second kappa shape index (κ2) is 40.7. The molecule has 6 aliphatic rings. The zero-order valence-corrected chi connectivity index (χ0v) is 74.4. The Morgan fingerprint density at radius 3 is 0.469 bits per heavy atom. The van der Waals surface area contributed by atoms with E-state index < -0.39 is 203 Å². The van der Waals surface area contributed by atoms with E-state index in [-0.39, 0.29) is 112 Å². The monoisotopic (exact) mass is 1820 g/mol. The Hall–Kier alpha value is -0.730. The molecule has 0 aromatic heterocycles. The number of fused-ring (bicyclic) bond motifs is 6. The van der Waals surface area contributed by atoms with E-state index in [1.807, 2.05) is 0 Å². The summed E-state index contributed by atoms with van der Waals surface area (Å²) in [6.07, 6.45) is -17.6. The fourth-order valence-electron chi connectivity index (χ4n) is 12.0. The van der Waals surface area contributed by atoms with Crippen LogP contribution in [0.3, 0.4) is 0 Å². The highest BCUT2D eigenvalue weighted by atomic mass is 32.2. The molecule has 31 nitrogen and oxygen atoms in total. The van der Waals surface area contributed by atoms with Gasteiger partial charge in [0.2, 0.25) is 0 Å². The van der Waals surface area contributed by atoms with E-state index in [9.17, 15) is 61.3 Å². The standard InChI is InChI=1S/C70H100O31S12/c1-16-87-61(83)43-49-55(108-64(102-49,19-90-31(4)71)20-91-32(5)72)46(56-50(43)103-65(109-56,21-92-33(6)73)22-93-34(7)74)70(86,47-57-51(104-66(110-57,23-94-35(8)75)24-95-36(9)76)44(62(84)88-17-2)52-58(47)111-67(105-52,25-96-37(10)77)26-97-38(11)78)48-59-53(106-68(112-59,27-98-39(12)79)28-99-40(13)80)45(63(85)89-18-3)54-60(48)113-69(107-54,29-100-41(14)81)30-101-42(15)82/h31-42,71-82,86H,16-30H2,1-15H3. The lowest BCUT2D eigenvalue weighted by Crippen LogP contribution is -2.37. The summed E-state index contributed by atoms with van der Waals surface area (Å²) in [6.45, 7) is 15.3. The SMILES string of the molecule is CCOC(=O)c1c2c(c(C(O)(c3c4c(c(C(=O)OCC)c5c3SC(COC(C)O)(COC(C)O)S5)SC(COC(C)O)(COC(C)O)S4)c3c4c(c(C(=O)OCC)c5c3SC(COC(C)O)(COC(C)O)S5)SC(COC(C)O)(COC(C)O)S4)c3c1SC(COC(C)O)(COC(C)O)S3)SC(COC(C)O)(COC(C)O)S2. The van der Waals surface area contributed by atoms with Crippen molar-refractivity contribution in [2.75, 3.05) is 99.1 Å². The van der Waals surface area contributed by atoms with Crippen LogP contribution in [0.25, 0.3) is 0 Å². The second-order valence-corrected chi connectivity index (χ2v) is 45.0. The number of esters is 3. The molecule has 0 amide bonds. The summed E-state index contributed by atoms with van der Waals surface area (Å²) in [5, 5.41) is 152. The Kier molecular flexibility index (Phi) is 34.6. The normalized spacial score (nSPS) is 26.5. The maximum absolute atomic E-state index is 17.5. The molecule has 638 valence electrons. The number of carbonyl (C=O) groups excluding carboxylic acids is 3. The minimum Gasteiger partial charge on any atom is -0.462 e. The third-order valence-corrected chi connectivity index (χ3v) is 34.9. The molecule has 12 unspecified atom stereocenters. The van der Waals surface area contributed by atoms with E-state index in [1.54, 1.807) is 20.8 Å². The first kappa shape index (κ1) is 96.1. The van der Waals surface area contributed by atoms with Gasteiger partial charge in [0, 0.05) is 75.4 Å². The molecule has 0 spiro atoms. The summed E-state index contributed by atoms with van der Waals surface area (Å²) in [6, 6.07) is 0. The number of ether oxygens (including phenoxy) is 15. The predicted molar refractivity (Wildman–Crippen MR) is 428 cm³/mol. The van der Waals surface area contributed by atoms with Crippen molar-refractivity contribution in [3.05, 3.63) is 33.4 Å². The van der Waals surface area contributed by atoms with Crippen molar-refractivity contribution in [2.24, 2.45) is 0 Å². The molecule has 0 aliphatic carbocycles. The van der Waals surface area contributed by atoms with Crippen LogP contribution in [0.2, 0.25) is 0 Å². The predicted octanol–water partition coefficient (Wildman–Crippen LogP) is 8.12. The van der Waals surface area contributed by atoms with Gasteiger partial charge in [-0.15, -0.1) is 141 Å². The number of hydrogen-bond acceptors (Lipinski definition) is 43. The van der Waals surface area contributed by atoms with Crippen molar-refractivity contribution in [1.82, 2.24) is 0 Å². The number of hydrogen-bond donors (Lipinski definition) is 13. The lowest BCUT2D eigenvalue weighted by atomic mass is 9.78. The summed E-state index contributed by atoms with van der Waals surface area (Å²) < 4.78 is 82.6. The molecule has 6 aliphatic heterocycles. The molecule has 3 aromatic rings. The summed E-state index contributed by atoms with van der Waals surface area (Å²) in [7, 11) is 0. The number of rotatable bonds is 45. The van der Waals surface area contributed by atoms with Crippen LogP contribution in [0.4, 0.5) is 0 Å². The third-order valence-electron chi connectivity index (χ3n) is 16.5.